The summed E-state index contributed by atoms with van der Waals surface area (Å²) in [7, 11) is 0. The molecule has 0 saturated carbocycles. The topological polar surface area (TPSA) is 41.6 Å². The largest absolute Gasteiger partial charge is 0.494 e. The van der Waals surface area contributed by atoms with Crippen molar-refractivity contribution in [1.29, 1.82) is 0 Å². The van der Waals surface area contributed by atoms with Gasteiger partial charge in [-0.15, -0.1) is 0 Å². The molecule has 4 nitrogen and oxygen atoms in total. The highest BCUT2D eigenvalue weighted by atomic mass is 16.5. The number of amides is 1. The first kappa shape index (κ1) is 15.8. The van der Waals surface area contributed by atoms with Crippen molar-refractivity contribution < 1.29 is 9.53 Å². The molecule has 0 radical (unpaired) electrons. The van der Waals surface area contributed by atoms with Gasteiger partial charge in [0.1, 0.15) is 5.75 Å². The van der Waals surface area contributed by atoms with Gasteiger partial charge in [-0.2, -0.15) is 0 Å². The van der Waals surface area contributed by atoms with Gasteiger partial charge in [0, 0.05) is 38.2 Å². The first-order chi connectivity index (χ1) is 10.3. The minimum Gasteiger partial charge on any atom is -0.494 e. The second kappa shape index (κ2) is 8.67. The van der Waals surface area contributed by atoms with E-state index in [1.165, 1.54) is 12.0 Å². The zero-order valence-corrected chi connectivity index (χ0v) is 12.9. The van der Waals surface area contributed by atoms with E-state index in [1.807, 2.05) is 30.0 Å². The van der Waals surface area contributed by atoms with Gasteiger partial charge in [-0.1, -0.05) is 24.6 Å². The summed E-state index contributed by atoms with van der Waals surface area (Å²) in [5.41, 5.74) is 1.17. The van der Waals surface area contributed by atoms with Gasteiger partial charge < -0.3 is 15.0 Å². The second-order valence-corrected chi connectivity index (χ2v) is 5.41. The van der Waals surface area contributed by atoms with Crippen molar-refractivity contribution in [2.24, 2.45) is 0 Å². The fraction of sp³-hybridized carbons (Fsp3) is 0.588. The molecule has 116 valence electrons. The molecule has 1 saturated heterocycles. The molecule has 21 heavy (non-hydrogen) atoms. The van der Waals surface area contributed by atoms with Crippen molar-refractivity contribution in [3.63, 3.8) is 0 Å². The van der Waals surface area contributed by atoms with Crippen LogP contribution in [0, 0.1) is 0 Å². The number of para-hydroxylation sites is 1. The van der Waals surface area contributed by atoms with Crippen LogP contribution in [0.15, 0.2) is 24.3 Å². The van der Waals surface area contributed by atoms with E-state index in [1.54, 1.807) is 0 Å². The zero-order chi connectivity index (χ0) is 14.9. The third kappa shape index (κ3) is 5.05. The van der Waals surface area contributed by atoms with Crippen LogP contribution in [0.3, 0.4) is 0 Å². The molecule has 0 spiro atoms. The van der Waals surface area contributed by atoms with Crippen LogP contribution >= 0.6 is 0 Å². The number of nitrogens with one attached hydrogen (secondary N) is 1. The molecule has 1 heterocycles. The average molecular weight is 290 g/mol. The maximum absolute atomic E-state index is 11.9. The first-order valence-electron chi connectivity index (χ1n) is 8.00. The Morgan fingerprint density at radius 1 is 1.24 bits per heavy atom. The monoisotopic (exact) mass is 290 g/mol. The summed E-state index contributed by atoms with van der Waals surface area (Å²) in [5.74, 6) is 1.25. The van der Waals surface area contributed by atoms with Crippen LogP contribution in [0.2, 0.25) is 0 Å². The Kier molecular flexibility index (Phi) is 6.54. The molecule has 0 aromatic heterocycles. The van der Waals surface area contributed by atoms with Crippen LogP contribution in [0.1, 0.15) is 38.2 Å². The lowest BCUT2D eigenvalue weighted by Crippen LogP contribution is -2.36. The molecule has 0 bridgehead atoms. The van der Waals surface area contributed by atoms with Crippen molar-refractivity contribution >= 4 is 5.91 Å². The molecule has 1 aromatic rings. The van der Waals surface area contributed by atoms with Gasteiger partial charge >= 0.3 is 0 Å². The van der Waals surface area contributed by atoms with E-state index in [2.05, 4.69) is 11.4 Å². The molecule has 1 aliphatic heterocycles. The first-order valence-corrected chi connectivity index (χ1v) is 8.00. The number of hydrogen-bond acceptors (Lipinski definition) is 3. The number of likely N-dealkylation sites (tertiary alicyclic amines) is 1. The van der Waals surface area contributed by atoms with E-state index in [0.29, 0.717) is 18.9 Å². The summed E-state index contributed by atoms with van der Waals surface area (Å²) in [5, 5.41) is 3.41. The Bertz CT molecular complexity index is 448. The predicted octanol–water partition coefficient (Wildman–Crippen LogP) is 2.58. The minimum absolute atomic E-state index is 0.309. The van der Waals surface area contributed by atoms with Crippen LogP contribution in [0.4, 0.5) is 0 Å². The molecule has 1 aromatic carbocycles. The summed E-state index contributed by atoms with van der Waals surface area (Å²) in [6, 6.07) is 8.09. The average Bonchev–Trinajstić information content (AvgIpc) is 2.70. The third-order valence-electron chi connectivity index (χ3n) is 3.82. The van der Waals surface area contributed by atoms with E-state index in [0.717, 1.165) is 44.8 Å². The SMILES string of the molecule is CCOc1ccccc1CNCCN1CCCCCC1=O. The van der Waals surface area contributed by atoms with Crippen molar-refractivity contribution in [3.8, 4) is 5.75 Å². The summed E-state index contributed by atoms with van der Waals surface area (Å²) < 4.78 is 5.61. The molecule has 1 fully saturated rings. The number of nitrogens with zero attached hydrogens (tertiary/aromatic N) is 1. The summed E-state index contributed by atoms with van der Waals surface area (Å²) in [6.45, 7) is 5.99. The van der Waals surface area contributed by atoms with Gasteiger partial charge in [0.05, 0.1) is 6.61 Å². The molecule has 0 atom stereocenters. The van der Waals surface area contributed by atoms with Gasteiger partial charge in [-0.3, -0.25) is 4.79 Å². The number of carbonyl (C=O) groups excluding carboxylic acids is 1. The Morgan fingerprint density at radius 2 is 2.10 bits per heavy atom. The standard InChI is InChI=1S/C17H26N2O2/c1-2-21-16-9-6-5-8-15(16)14-18-11-13-19-12-7-3-4-10-17(19)20/h5-6,8-9,18H,2-4,7,10-14H2,1H3. The van der Waals surface area contributed by atoms with Gasteiger partial charge in [-0.25, -0.2) is 0 Å². The molecule has 0 aliphatic carbocycles. The Morgan fingerprint density at radius 3 is 2.95 bits per heavy atom. The van der Waals surface area contributed by atoms with Crippen molar-refractivity contribution in [3.05, 3.63) is 29.8 Å². The Hall–Kier alpha value is -1.55. The molecule has 2 rings (SSSR count). The number of rotatable bonds is 7. The highest BCUT2D eigenvalue weighted by molar-refractivity contribution is 5.76. The van der Waals surface area contributed by atoms with Gasteiger partial charge in [0.15, 0.2) is 0 Å². The van der Waals surface area contributed by atoms with Gasteiger partial charge in [0.25, 0.3) is 0 Å². The highest BCUT2D eigenvalue weighted by Gasteiger charge is 2.15. The highest BCUT2D eigenvalue weighted by Crippen LogP contribution is 2.17. The fourth-order valence-electron chi connectivity index (χ4n) is 2.66. The van der Waals surface area contributed by atoms with Gasteiger partial charge in [0.2, 0.25) is 5.91 Å². The number of carbonyl (C=O) groups is 1. The van der Waals surface area contributed by atoms with E-state index < -0.39 is 0 Å². The fourth-order valence-corrected chi connectivity index (χ4v) is 2.66. The van der Waals surface area contributed by atoms with Crippen molar-refractivity contribution in [1.82, 2.24) is 10.2 Å². The molecular weight excluding hydrogens is 264 g/mol. The van der Waals surface area contributed by atoms with Crippen LogP contribution in [0.25, 0.3) is 0 Å². The molecule has 1 aliphatic rings. The normalized spacial score (nSPS) is 15.9. The van der Waals surface area contributed by atoms with E-state index >= 15 is 0 Å². The lowest BCUT2D eigenvalue weighted by molar-refractivity contribution is -0.130. The van der Waals surface area contributed by atoms with Gasteiger partial charge in [-0.05, 0) is 25.8 Å². The van der Waals surface area contributed by atoms with Crippen LogP contribution in [-0.4, -0.2) is 37.0 Å². The van der Waals surface area contributed by atoms with Crippen LogP contribution in [-0.2, 0) is 11.3 Å². The Balaban J connectivity index is 1.75. The summed E-state index contributed by atoms with van der Waals surface area (Å²) in [4.78, 5) is 13.9. The summed E-state index contributed by atoms with van der Waals surface area (Å²) in [6.07, 6.45) is 4.08. The van der Waals surface area contributed by atoms with Crippen LogP contribution in [0.5, 0.6) is 5.75 Å². The lowest BCUT2D eigenvalue weighted by Gasteiger charge is -2.20. The molecular formula is C17H26N2O2. The quantitative estimate of drug-likeness (QED) is 0.785. The van der Waals surface area contributed by atoms with Crippen LogP contribution < -0.4 is 10.1 Å². The maximum atomic E-state index is 11.9. The number of benzene rings is 1. The maximum Gasteiger partial charge on any atom is 0.222 e. The molecule has 1 N–H and O–H groups in total. The number of ether oxygens (including phenoxy) is 1. The molecule has 0 unspecified atom stereocenters. The van der Waals surface area contributed by atoms with E-state index in [-0.39, 0.29) is 0 Å². The summed E-state index contributed by atoms with van der Waals surface area (Å²) >= 11 is 0. The zero-order valence-electron chi connectivity index (χ0n) is 12.9. The lowest BCUT2D eigenvalue weighted by atomic mass is 10.2. The predicted molar refractivity (Wildman–Crippen MR) is 84.4 cm³/mol. The van der Waals surface area contributed by atoms with E-state index in [4.69, 9.17) is 4.74 Å². The number of hydrogen-bond donors (Lipinski definition) is 1. The minimum atomic E-state index is 0.309. The second-order valence-electron chi connectivity index (χ2n) is 5.41. The van der Waals surface area contributed by atoms with Crippen molar-refractivity contribution in [2.45, 2.75) is 39.2 Å². The molecule has 4 heteroatoms. The smallest absolute Gasteiger partial charge is 0.222 e. The molecule has 1 amide bonds. The van der Waals surface area contributed by atoms with Crippen molar-refractivity contribution in [2.75, 3.05) is 26.2 Å². The third-order valence-corrected chi connectivity index (χ3v) is 3.82. The Labute approximate surface area is 127 Å². The van der Waals surface area contributed by atoms with E-state index in [9.17, 15) is 4.79 Å².